The second kappa shape index (κ2) is 8.55. The van der Waals surface area contributed by atoms with Crippen LogP contribution >= 0.6 is 0 Å². The fourth-order valence-electron chi connectivity index (χ4n) is 3.96. The normalized spacial score (nSPS) is 13.9. The SMILES string of the molecule is COc1cncc2nc(-c3ccnc(Nc4ccccc4)c3)nc(N3CCCCC3)c12. The average molecular weight is 412 g/mol. The highest BCUT2D eigenvalue weighted by molar-refractivity contribution is 5.95. The van der Waals surface area contributed by atoms with E-state index in [9.17, 15) is 0 Å². The number of ether oxygens (including phenoxy) is 1. The molecule has 156 valence electrons. The van der Waals surface area contributed by atoms with Crippen molar-refractivity contribution in [3.63, 3.8) is 0 Å². The quantitative estimate of drug-likeness (QED) is 0.503. The number of nitrogens with zero attached hydrogens (tertiary/aromatic N) is 5. The van der Waals surface area contributed by atoms with Gasteiger partial charge in [0, 0.05) is 30.5 Å². The lowest BCUT2D eigenvalue weighted by molar-refractivity contribution is 0.417. The Labute approximate surface area is 181 Å². The topological polar surface area (TPSA) is 76.1 Å². The lowest BCUT2D eigenvalue weighted by Crippen LogP contribution is -2.30. The van der Waals surface area contributed by atoms with Crippen LogP contribution in [0.1, 0.15) is 19.3 Å². The van der Waals surface area contributed by atoms with Crippen LogP contribution in [0.5, 0.6) is 5.75 Å². The number of para-hydroxylation sites is 1. The molecule has 0 amide bonds. The molecule has 0 saturated carbocycles. The first-order chi connectivity index (χ1) is 15.3. The third-order valence-electron chi connectivity index (χ3n) is 5.49. The number of fused-ring (bicyclic) bond motifs is 1. The molecule has 7 nitrogen and oxygen atoms in total. The molecule has 0 unspecified atom stereocenters. The van der Waals surface area contributed by atoms with Gasteiger partial charge in [-0.3, -0.25) is 4.98 Å². The number of piperidine rings is 1. The maximum absolute atomic E-state index is 5.60. The predicted molar refractivity (Wildman–Crippen MR) is 123 cm³/mol. The molecule has 7 heteroatoms. The zero-order valence-corrected chi connectivity index (χ0v) is 17.5. The van der Waals surface area contributed by atoms with Crippen molar-refractivity contribution in [2.75, 3.05) is 30.4 Å². The van der Waals surface area contributed by atoms with Crippen LogP contribution in [0.15, 0.2) is 61.1 Å². The summed E-state index contributed by atoms with van der Waals surface area (Å²) in [7, 11) is 1.66. The van der Waals surface area contributed by atoms with Crippen molar-refractivity contribution in [1.82, 2.24) is 19.9 Å². The average Bonchev–Trinajstić information content (AvgIpc) is 2.84. The minimum Gasteiger partial charge on any atom is -0.494 e. The van der Waals surface area contributed by atoms with Gasteiger partial charge in [-0.25, -0.2) is 15.0 Å². The highest BCUT2D eigenvalue weighted by atomic mass is 16.5. The lowest BCUT2D eigenvalue weighted by Gasteiger charge is -2.29. The first kappa shape index (κ1) is 19.2. The van der Waals surface area contributed by atoms with Crippen LogP contribution in [0.2, 0.25) is 0 Å². The van der Waals surface area contributed by atoms with E-state index in [0.717, 1.165) is 59.7 Å². The van der Waals surface area contributed by atoms with Crippen molar-refractivity contribution < 1.29 is 4.74 Å². The molecule has 0 atom stereocenters. The van der Waals surface area contributed by atoms with Crippen molar-refractivity contribution in [3.05, 3.63) is 61.1 Å². The summed E-state index contributed by atoms with van der Waals surface area (Å²) in [5.41, 5.74) is 2.66. The maximum atomic E-state index is 5.60. The van der Waals surface area contributed by atoms with Gasteiger partial charge in [-0.05, 0) is 43.5 Å². The van der Waals surface area contributed by atoms with Gasteiger partial charge >= 0.3 is 0 Å². The van der Waals surface area contributed by atoms with Crippen LogP contribution in [0, 0.1) is 0 Å². The molecule has 1 aliphatic heterocycles. The van der Waals surface area contributed by atoms with E-state index in [1.54, 1.807) is 25.7 Å². The van der Waals surface area contributed by atoms with Crippen molar-refractivity contribution in [1.29, 1.82) is 0 Å². The Balaban J connectivity index is 1.59. The Morgan fingerprint density at radius 1 is 0.968 bits per heavy atom. The summed E-state index contributed by atoms with van der Waals surface area (Å²) in [6, 6.07) is 13.9. The molecule has 1 aliphatic rings. The Morgan fingerprint density at radius 3 is 2.61 bits per heavy atom. The minimum absolute atomic E-state index is 0.654. The third kappa shape index (κ3) is 3.99. The summed E-state index contributed by atoms with van der Waals surface area (Å²) in [5.74, 6) is 3.01. The number of benzene rings is 1. The van der Waals surface area contributed by atoms with Crippen LogP contribution in [-0.4, -0.2) is 40.1 Å². The van der Waals surface area contributed by atoms with E-state index >= 15 is 0 Å². The van der Waals surface area contributed by atoms with Gasteiger partial charge in [-0.15, -0.1) is 0 Å². The van der Waals surface area contributed by atoms with E-state index in [4.69, 9.17) is 14.7 Å². The molecule has 1 aromatic carbocycles. The van der Waals surface area contributed by atoms with Gasteiger partial charge in [0.05, 0.1) is 30.4 Å². The molecule has 0 radical (unpaired) electrons. The van der Waals surface area contributed by atoms with Crippen molar-refractivity contribution in [2.45, 2.75) is 19.3 Å². The fraction of sp³-hybridized carbons (Fsp3) is 0.250. The van der Waals surface area contributed by atoms with E-state index in [1.165, 1.54) is 6.42 Å². The molecule has 1 fully saturated rings. The summed E-state index contributed by atoms with van der Waals surface area (Å²) >= 11 is 0. The standard InChI is InChI=1S/C24H24N6O/c1-31-20-16-25-15-19-22(20)24(30-12-6-3-7-13-30)29-23(28-19)17-10-11-26-21(14-17)27-18-8-4-2-5-9-18/h2,4-5,8-11,14-16H,3,6-7,12-13H2,1H3,(H,26,27). The van der Waals surface area contributed by atoms with Gasteiger partial charge < -0.3 is 15.0 Å². The van der Waals surface area contributed by atoms with Gasteiger partial charge in [0.2, 0.25) is 0 Å². The third-order valence-corrected chi connectivity index (χ3v) is 5.49. The van der Waals surface area contributed by atoms with Gasteiger partial charge in [0.25, 0.3) is 0 Å². The summed E-state index contributed by atoms with van der Waals surface area (Å²) in [4.78, 5) is 20.9. The van der Waals surface area contributed by atoms with E-state index in [0.29, 0.717) is 11.6 Å². The van der Waals surface area contributed by atoms with Gasteiger partial charge in [0.1, 0.15) is 17.4 Å². The highest BCUT2D eigenvalue weighted by Gasteiger charge is 2.20. The number of methoxy groups -OCH3 is 1. The predicted octanol–water partition coefficient (Wildman–Crippen LogP) is 4.83. The molecular formula is C24H24N6O. The monoisotopic (exact) mass is 412 g/mol. The Morgan fingerprint density at radius 2 is 1.81 bits per heavy atom. The van der Waals surface area contributed by atoms with E-state index < -0.39 is 0 Å². The van der Waals surface area contributed by atoms with Crippen molar-refractivity contribution in [2.24, 2.45) is 0 Å². The molecule has 31 heavy (non-hydrogen) atoms. The molecule has 5 rings (SSSR count). The zero-order valence-electron chi connectivity index (χ0n) is 17.5. The number of pyridine rings is 2. The summed E-state index contributed by atoms with van der Waals surface area (Å²) in [6.45, 7) is 1.96. The van der Waals surface area contributed by atoms with E-state index in [1.807, 2.05) is 42.5 Å². The number of hydrogen-bond acceptors (Lipinski definition) is 7. The molecule has 0 bridgehead atoms. The summed E-state index contributed by atoms with van der Waals surface area (Å²) < 4.78 is 5.60. The smallest absolute Gasteiger partial charge is 0.162 e. The molecule has 0 spiro atoms. The Kier molecular flexibility index (Phi) is 5.31. The summed E-state index contributed by atoms with van der Waals surface area (Å²) in [5, 5.41) is 4.25. The van der Waals surface area contributed by atoms with Crippen LogP contribution in [0.25, 0.3) is 22.3 Å². The Hall–Kier alpha value is -3.74. The molecule has 4 aromatic rings. The molecule has 4 heterocycles. The van der Waals surface area contributed by atoms with Gasteiger partial charge in [-0.1, -0.05) is 18.2 Å². The van der Waals surface area contributed by atoms with Crippen molar-refractivity contribution in [3.8, 4) is 17.1 Å². The fourth-order valence-corrected chi connectivity index (χ4v) is 3.96. The molecule has 1 saturated heterocycles. The van der Waals surface area contributed by atoms with E-state index in [-0.39, 0.29) is 0 Å². The van der Waals surface area contributed by atoms with Gasteiger partial charge in [0.15, 0.2) is 5.82 Å². The number of nitrogens with one attached hydrogen (secondary N) is 1. The van der Waals surface area contributed by atoms with Crippen LogP contribution in [-0.2, 0) is 0 Å². The maximum Gasteiger partial charge on any atom is 0.162 e. The number of hydrogen-bond donors (Lipinski definition) is 1. The molecule has 3 aromatic heterocycles. The zero-order chi connectivity index (χ0) is 21.0. The largest absolute Gasteiger partial charge is 0.494 e. The molecule has 0 aliphatic carbocycles. The van der Waals surface area contributed by atoms with Crippen molar-refractivity contribution >= 4 is 28.2 Å². The first-order valence-electron chi connectivity index (χ1n) is 10.5. The van der Waals surface area contributed by atoms with Crippen LogP contribution in [0.3, 0.4) is 0 Å². The number of anilines is 3. The Bertz CT molecular complexity index is 1190. The van der Waals surface area contributed by atoms with Crippen LogP contribution in [0.4, 0.5) is 17.3 Å². The highest BCUT2D eigenvalue weighted by Crippen LogP contribution is 2.35. The second-order valence-electron chi connectivity index (χ2n) is 7.58. The number of aromatic nitrogens is 4. The summed E-state index contributed by atoms with van der Waals surface area (Å²) in [6.07, 6.45) is 8.86. The lowest BCUT2D eigenvalue weighted by atomic mass is 10.1. The first-order valence-corrected chi connectivity index (χ1v) is 10.5. The number of rotatable bonds is 5. The van der Waals surface area contributed by atoms with E-state index in [2.05, 4.69) is 20.2 Å². The van der Waals surface area contributed by atoms with Crippen LogP contribution < -0.4 is 15.0 Å². The minimum atomic E-state index is 0.654. The second-order valence-corrected chi connectivity index (χ2v) is 7.58. The van der Waals surface area contributed by atoms with Gasteiger partial charge in [-0.2, -0.15) is 0 Å². The molecular weight excluding hydrogens is 388 g/mol. The molecule has 1 N–H and O–H groups in total.